The van der Waals surface area contributed by atoms with Gasteiger partial charge in [-0.2, -0.15) is 0 Å². The van der Waals surface area contributed by atoms with Crippen molar-refractivity contribution in [3.8, 4) is 5.75 Å². The summed E-state index contributed by atoms with van der Waals surface area (Å²) < 4.78 is 5.86. The van der Waals surface area contributed by atoms with Crippen LogP contribution in [-0.4, -0.2) is 0 Å². The smallest absolute Gasteiger partial charge is 0.138 e. The molecule has 18 heavy (non-hydrogen) atoms. The molecule has 0 heterocycles. The third kappa shape index (κ3) is 3.03. The summed E-state index contributed by atoms with van der Waals surface area (Å²) in [7, 11) is 0. The van der Waals surface area contributed by atoms with Gasteiger partial charge >= 0.3 is 0 Å². The van der Waals surface area contributed by atoms with Gasteiger partial charge in [-0.05, 0) is 30.2 Å². The molecular formula is C15H16ClNO. The van der Waals surface area contributed by atoms with Gasteiger partial charge in [0.05, 0.1) is 5.02 Å². The molecule has 0 amide bonds. The summed E-state index contributed by atoms with van der Waals surface area (Å²) in [6, 6.07) is 15.7. The van der Waals surface area contributed by atoms with E-state index in [0.29, 0.717) is 17.3 Å². The fraction of sp³-hybridized carbons (Fsp3) is 0.200. The van der Waals surface area contributed by atoms with Crippen molar-refractivity contribution in [2.24, 2.45) is 5.73 Å². The van der Waals surface area contributed by atoms with Crippen LogP contribution < -0.4 is 10.5 Å². The zero-order chi connectivity index (χ0) is 13.0. The number of halogens is 1. The molecule has 1 atom stereocenters. The summed E-state index contributed by atoms with van der Waals surface area (Å²) in [5.41, 5.74) is 7.68. The van der Waals surface area contributed by atoms with Gasteiger partial charge in [0.2, 0.25) is 0 Å². The number of nitrogens with two attached hydrogens (primary N) is 1. The average Bonchev–Trinajstić information content (AvgIpc) is 2.42. The Balaban J connectivity index is 2.14. The number of rotatable bonds is 4. The van der Waals surface area contributed by atoms with Crippen molar-refractivity contribution < 1.29 is 4.74 Å². The van der Waals surface area contributed by atoms with Crippen molar-refractivity contribution in [1.82, 2.24) is 0 Å². The van der Waals surface area contributed by atoms with Crippen LogP contribution in [0, 0.1) is 0 Å². The van der Waals surface area contributed by atoms with Crippen molar-refractivity contribution >= 4 is 11.6 Å². The van der Waals surface area contributed by atoms with Gasteiger partial charge in [0, 0.05) is 6.54 Å². The van der Waals surface area contributed by atoms with Gasteiger partial charge < -0.3 is 10.5 Å². The molecule has 1 unspecified atom stereocenters. The molecule has 94 valence electrons. The quantitative estimate of drug-likeness (QED) is 0.905. The highest BCUT2D eigenvalue weighted by molar-refractivity contribution is 6.32. The number of benzene rings is 2. The summed E-state index contributed by atoms with van der Waals surface area (Å²) >= 11 is 6.16. The normalized spacial score (nSPS) is 12.2. The van der Waals surface area contributed by atoms with Crippen LogP contribution in [0.3, 0.4) is 0 Å². The second-order valence-electron chi connectivity index (χ2n) is 4.14. The molecule has 2 rings (SSSR count). The minimum absolute atomic E-state index is 0.0348. The van der Waals surface area contributed by atoms with Crippen LogP contribution in [0.2, 0.25) is 5.02 Å². The first-order valence-corrected chi connectivity index (χ1v) is 6.28. The Bertz CT molecular complexity index is 513. The molecule has 0 saturated heterocycles. The molecule has 2 aromatic rings. The van der Waals surface area contributed by atoms with E-state index in [-0.39, 0.29) is 6.10 Å². The fourth-order valence-corrected chi connectivity index (χ4v) is 2.00. The fourth-order valence-electron chi connectivity index (χ4n) is 1.75. The Hall–Kier alpha value is -1.51. The molecule has 0 aliphatic rings. The van der Waals surface area contributed by atoms with Gasteiger partial charge in [0.25, 0.3) is 0 Å². The molecular weight excluding hydrogens is 246 g/mol. The van der Waals surface area contributed by atoms with Gasteiger partial charge in [-0.15, -0.1) is 0 Å². The first kappa shape index (κ1) is 12.9. The largest absolute Gasteiger partial charge is 0.484 e. The summed E-state index contributed by atoms with van der Waals surface area (Å²) in [6.07, 6.45) is -0.0348. The van der Waals surface area contributed by atoms with Crippen LogP contribution in [0.15, 0.2) is 48.5 Å². The van der Waals surface area contributed by atoms with Crippen molar-refractivity contribution in [2.75, 3.05) is 0 Å². The Morgan fingerprint density at radius 2 is 1.89 bits per heavy atom. The van der Waals surface area contributed by atoms with E-state index in [9.17, 15) is 0 Å². The van der Waals surface area contributed by atoms with Crippen LogP contribution in [-0.2, 0) is 6.54 Å². The lowest BCUT2D eigenvalue weighted by atomic mass is 10.1. The van der Waals surface area contributed by atoms with E-state index in [1.165, 1.54) is 0 Å². The molecule has 0 aromatic heterocycles. The Kier molecular flexibility index (Phi) is 4.24. The molecule has 2 nitrogen and oxygen atoms in total. The lowest BCUT2D eigenvalue weighted by molar-refractivity contribution is 0.227. The molecule has 0 spiro atoms. The molecule has 0 aliphatic heterocycles. The van der Waals surface area contributed by atoms with Crippen molar-refractivity contribution in [3.05, 3.63) is 64.7 Å². The second-order valence-corrected chi connectivity index (χ2v) is 4.55. The van der Waals surface area contributed by atoms with Gasteiger partial charge in [-0.25, -0.2) is 0 Å². The average molecular weight is 262 g/mol. The Morgan fingerprint density at radius 3 is 2.50 bits per heavy atom. The second kappa shape index (κ2) is 5.89. The minimum atomic E-state index is -0.0348. The first-order valence-electron chi connectivity index (χ1n) is 5.91. The van der Waals surface area contributed by atoms with E-state index < -0.39 is 0 Å². The standard InChI is InChI=1S/C15H16ClNO/c1-11(13-5-3-2-4-6-13)18-15-8-7-12(10-17)9-14(15)16/h2-9,11H,10,17H2,1H3. The summed E-state index contributed by atoms with van der Waals surface area (Å²) in [5, 5.41) is 0.598. The number of hydrogen-bond donors (Lipinski definition) is 1. The summed E-state index contributed by atoms with van der Waals surface area (Å²) in [5.74, 6) is 0.685. The van der Waals surface area contributed by atoms with E-state index in [1.807, 2.05) is 55.5 Å². The molecule has 3 heteroatoms. The molecule has 2 aromatic carbocycles. The first-order chi connectivity index (χ1) is 8.70. The lowest BCUT2D eigenvalue weighted by Crippen LogP contribution is -2.04. The maximum atomic E-state index is 6.16. The van der Waals surface area contributed by atoms with E-state index in [2.05, 4.69) is 0 Å². The lowest BCUT2D eigenvalue weighted by Gasteiger charge is -2.16. The van der Waals surface area contributed by atoms with E-state index in [0.717, 1.165) is 11.1 Å². The predicted molar refractivity (Wildman–Crippen MR) is 74.8 cm³/mol. The van der Waals surface area contributed by atoms with Gasteiger partial charge in [-0.3, -0.25) is 0 Å². The molecule has 0 saturated carbocycles. The molecule has 0 radical (unpaired) electrons. The zero-order valence-electron chi connectivity index (χ0n) is 10.3. The van der Waals surface area contributed by atoms with E-state index >= 15 is 0 Å². The minimum Gasteiger partial charge on any atom is -0.484 e. The Labute approximate surface area is 112 Å². The number of hydrogen-bond acceptors (Lipinski definition) is 2. The molecule has 0 aliphatic carbocycles. The third-order valence-electron chi connectivity index (χ3n) is 2.80. The van der Waals surface area contributed by atoms with Crippen molar-refractivity contribution in [2.45, 2.75) is 19.6 Å². The van der Waals surface area contributed by atoms with Crippen LogP contribution >= 0.6 is 11.6 Å². The topological polar surface area (TPSA) is 35.2 Å². The van der Waals surface area contributed by atoms with Crippen LogP contribution in [0.4, 0.5) is 0 Å². The van der Waals surface area contributed by atoms with Crippen molar-refractivity contribution in [3.63, 3.8) is 0 Å². The predicted octanol–water partition coefficient (Wildman–Crippen LogP) is 3.94. The molecule has 2 N–H and O–H groups in total. The van der Waals surface area contributed by atoms with E-state index in [1.54, 1.807) is 0 Å². The third-order valence-corrected chi connectivity index (χ3v) is 3.10. The Morgan fingerprint density at radius 1 is 1.17 bits per heavy atom. The monoisotopic (exact) mass is 261 g/mol. The maximum Gasteiger partial charge on any atom is 0.138 e. The van der Waals surface area contributed by atoms with Crippen LogP contribution in [0.25, 0.3) is 0 Å². The highest BCUT2D eigenvalue weighted by atomic mass is 35.5. The summed E-state index contributed by atoms with van der Waals surface area (Å²) in [4.78, 5) is 0. The summed E-state index contributed by atoms with van der Waals surface area (Å²) in [6.45, 7) is 2.48. The van der Waals surface area contributed by atoms with Gasteiger partial charge in [0.1, 0.15) is 11.9 Å². The highest BCUT2D eigenvalue weighted by Gasteiger charge is 2.09. The zero-order valence-corrected chi connectivity index (χ0v) is 11.0. The van der Waals surface area contributed by atoms with Crippen molar-refractivity contribution in [1.29, 1.82) is 0 Å². The van der Waals surface area contributed by atoms with Gasteiger partial charge in [0.15, 0.2) is 0 Å². The number of ether oxygens (including phenoxy) is 1. The SMILES string of the molecule is CC(Oc1ccc(CN)cc1Cl)c1ccccc1. The van der Waals surface area contributed by atoms with Crippen LogP contribution in [0.5, 0.6) is 5.75 Å². The van der Waals surface area contributed by atoms with E-state index in [4.69, 9.17) is 22.1 Å². The molecule has 0 fully saturated rings. The molecule has 0 bridgehead atoms. The highest BCUT2D eigenvalue weighted by Crippen LogP contribution is 2.29. The van der Waals surface area contributed by atoms with Crippen LogP contribution in [0.1, 0.15) is 24.2 Å². The van der Waals surface area contributed by atoms with Gasteiger partial charge in [-0.1, -0.05) is 48.0 Å². The maximum absolute atomic E-state index is 6.16.